The molecule has 0 aliphatic rings. The van der Waals surface area contributed by atoms with E-state index in [1.165, 1.54) is 19.1 Å². The molecule has 110 valence electrons. The standard InChI is InChI=1S/C15H20FNO3/c1-5-10-6-7-12(16)11(8-10)13(18)17-15(4,9(2)3)14(19)20/h6-9H,5H2,1-4H3,(H,17,18)(H,19,20)/t15-/m1/s1. The lowest BCUT2D eigenvalue weighted by atomic mass is 9.88. The van der Waals surface area contributed by atoms with Crippen LogP contribution in [0.4, 0.5) is 4.39 Å². The largest absolute Gasteiger partial charge is 0.480 e. The summed E-state index contributed by atoms with van der Waals surface area (Å²) in [5, 5.41) is 11.7. The van der Waals surface area contributed by atoms with Gasteiger partial charge in [0.25, 0.3) is 5.91 Å². The number of amides is 1. The Kier molecular flexibility index (Phi) is 4.87. The highest BCUT2D eigenvalue weighted by Gasteiger charge is 2.38. The summed E-state index contributed by atoms with van der Waals surface area (Å²) in [6, 6.07) is 4.28. The van der Waals surface area contributed by atoms with Gasteiger partial charge in [-0.05, 0) is 37.0 Å². The Morgan fingerprint density at radius 2 is 2.00 bits per heavy atom. The summed E-state index contributed by atoms with van der Waals surface area (Å²) in [6.45, 7) is 6.68. The van der Waals surface area contributed by atoms with Crippen LogP contribution in [0.1, 0.15) is 43.6 Å². The van der Waals surface area contributed by atoms with Crippen molar-refractivity contribution in [2.75, 3.05) is 0 Å². The van der Waals surface area contributed by atoms with Gasteiger partial charge in [-0.25, -0.2) is 9.18 Å². The average molecular weight is 281 g/mol. The van der Waals surface area contributed by atoms with Gasteiger partial charge in [0, 0.05) is 0 Å². The van der Waals surface area contributed by atoms with Gasteiger partial charge < -0.3 is 10.4 Å². The number of hydrogen-bond acceptors (Lipinski definition) is 2. The van der Waals surface area contributed by atoms with Crippen LogP contribution in [0.2, 0.25) is 0 Å². The number of carbonyl (C=O) groups excluding carboxylic acids is 1. The van der Waals surface area contributed by atoms with Crippen molar-refractivity contribution in [1.82, 2.24) is 5.32 Å². The van der Waals surface area contributed by atoms with E-state index in [1.807, 2.05) is 6.92 Å². The summed E-state index contributed by atoms with van der Waals surface area (Å²) in [5.41, 5.74) is -0.748. The molecule has 0 heterocycles. The minimum absolute atomic E-state index is 0.127. The molecule has 0 aliphatic heterocycles. The Bertz CT molecular complexity index is 528. The van der Waals surface area contributed by atoms with Crippen LogP contribution in [0.3, 0.4) is 0 Å². The lowest BCUT2D eigenvalue weighted by molar-refractivity contribution is -0.145. The van der Waals surface area contributed by atoms with Crippen LogP contribution in [0.5, 0.6) is 0 Å². The maximum absolute atomic E-state index is 13.7. The highest BCUT2D eigenvalue weighted by molar-refractivity contribution is 5.98. The molecule has 20 heavy (non-hydrogen) atoms. The van der Waals surface area contributed by atoms with Crippen molar-refractivity contribution in [2.45, 2.75) is 39.7 Å². The third kappa shape index (κ3) is 3.15. The van der Waals surface area contributed by atoms with E-state index in [0.29, 0.717) is 6.42 Å². The van der Waals surface area contributed by atoms with E-state index >= 15 is 0 Å². The second-order valence-electron chi connectivity index (χ2n) is 5.28. The van der Waals surface area contributed by atoms with Crippen LogP contribution >= 0.6 is 0 Å². The molecule has 1 rings (SSSR count). The second kappa shape index (κ2) is 6.03. The van der Waals surface area contributed by atoms with Crippen LogP contribution in [-0.2, 0) is 11.2 Å². The van der Waals surface area contributed by atoms with Crippen molar-refractivity contribution in [2.24, 2.45) is 5.92 Å². The number of carbonyl (C=O) groups is 2. The lowest BCUT2D eigenvalue weighted by Gasteiger charge is -2.30. The molecule has 1 aromatic rings. The number of rotatable bonds is 5. The fourth-order valence-electron chi connectivity index (χ4n) is 1.71. The predicted molar refractivity (Wildman–Crippen MR) is 74.1 cm³/mol. The summed E-state index contributed by atoms with van der Waals surface area (Å²) in [6.07, 6.45) is 0.668. The van der Waals surface area contributed by atoms with Gasteiger partial charge in [0.2, 0.25) is 0 Å². The average Bonchev–Trinajstić information content (AvgIpc) is 2.38. The summed E-state index contributed by atoms with van der Waals surface area (Å²) < 4.78 is 13.7. The maximum atomic E-state index is 13.7. The Labute approximate surface area is 118 Å². The van der Waals surface area contributed by atoms with Gasteiger partial charge in [-0.15, -0.1) is 0 Å². The third-order valence-corrected chi connectivity index (χ3v) is 3.66. The van der Waals surface area contributed by atoms with Crippen LogP contribution in [0, 0.1) is 11.7 Å². The van der Waals surface area contributed by atoms with Crippen molar-refractivity contribution in [3.8, 4) is 0 Å². The molecular weight excluding hydrogens is 261 g/mol. The molecule has 1 aromatic carbocycles. The van der Waals surface area contributed by atoms with Crippen molar-refractivity contribution >= 4 is 11.9 Å². The van der Waals surface area contributed by atoms with E-state index < -0.39 is 23.2 Å². The molecular formula is C15H20FNO3. The fourth-order valence-corrected chi connectivity index (χ4v) is 1.71. The molecule has 0 saturated heterocycles. The molecule has 0 aromatic heterocycles. The Morgan fingerprint density at radius 3 is 2.45 bits per heavy atom. The highest BCUT2D eigenvalue weighted by Crippen LogP contribution is 2.19. The summed E-state index contributed by atoms with van der Waals surface area (Å²) >= 11 is 0. The summed E-state index contributed by atoms with van der Waals surface area (Å²) in [4.78, 5) is 23.5. The molecule has 0 unspecified atom stereocenters. The molecule has 1 amide bonds. The van der Waals surface area contributed by atoms with Gasteiger partial charge in [-0.1, -0.05) is 26.8 Å². The van der Waals surface area contributed by atoms with Gasteiger partial charge in [0.1, 0.15) is 11.4 Å². The summed E-state index contributed by atoms with van der Waals surface area (Å²) in [7, 11) is 0. The highest BCUT2D eigenvalue weighted by atomic mass is 19.1. The molecule has 0 aliphatic carbocycles. The Hall–Kier alpha value is -1.91. The first-order valence-corrected chi connectivity index (χ1v) is 6.56. The smallest absolute Gasteiger partial charge is 0.329 e. The van der Waals surface area contributed by atoms with E-state index in [4.69, 9.17) is 0 Å². The molecule has 5 heteroatoms. The number of hydrogen-bond donors (Lipinski definition) is 2. The van der Waals surface area contributed by atoms with E-state index in [9.17, 15) is 19.1 Å². The van der Waals surface area contributed by atoms with Gasteiger partial charge >= 0.3 is 5.97 Å². The van der Waals surface area contributed by atoms with E-state index in [1.54, 1.807) is 19.9 Å². The summed E-state index contributed by atoms with van der Waals surface area (Å²) in [5.74, 6) is -2.85. The van der Waals surface area contributed by atoms with E-state index in [-0.39, 0.29) is 11.5 Å². The van der Waals surface area contributed by atoms with E-state index in [2.05, 4.69) is 5.32 Å². The molecule has 4 nitrogen and oxygen atoms in total. The van der Waals surface area contributed by atoms with Crippen molar-refractivity contribution in [3.63, 3.8) is 0 Å². The first-order chi connectivity index (χ1) is 9.22. The van der Waals surface area contributed by atoms with Crippen LogP contribution in [0.25, 0.3) is 0 Å². The molecule has 2 N–H and O–H groups in total. The Morgan fingerprint density at radius 1 is 1.40 bits per heavy atom. The van der Waals surface area contributed by atoms with Crippen molar-refractivity contribution in [1.29, 1.82) is 0 Å². The van der Waals surface area contributed by atoms with Gasteiger partial charge in [-0.3, -0.25) is 4.79 Å². The molecule has 1 atom stereocenters. The Balaban J connectivity index is 3.10. The van der Waals surface area contributed by atoms with Crippen LogP contribution in [-0.4, -0.2) is 22.5 Å². The number of aliphatic carboxylic acids is 1. The number of carboxylic acid groups (broad SMARTS) is 1. The minimum Gasteiger partial charge on any atom is -0.480 e. The number of aryl methyl sites for hydroxylation is 1. The number of nitrogens with one attached hydrogen (secondary N) is 1. The fraction of sp³-hybridized carbons (Fsp3) is 0.467. The quantitative estimate of drug-likeness (QED) is 0.872. The first-order valence-electron chi connectivity index (χ1n) is 6.56. The van der Waals surface area contributed by atoms with Crippen LogP contribution in [0.15, 0.2) is 18.2 Å². The zero-order valence-electron chi connectivity index (χ0n) is 12.2. The van der Waals surface area contributed by atoms with Crippen molar-refractivity contribution in [3.05, 3.63) is 35.1 Å². The normalized spacial score (nSPS) is 13.9. The van der Waals surface area contributed by atoms with Gasteiger partial charge in [0.05, 0.1) is 5.56 Å². The number of benzene rings is 1. The lowest BCUT2D eigenvalue weighted by Crippen LogP contribution is -2.56. The number of carboxylic acids is 1. The van der Waals surface area contributed by atoms with Crippen molar-refractivity contribution < 1.29 is 19.1 Å². The zero-order chi connectivity index (χ0) is 15.5. The second-order valence-corrected chi connectivity index (χ2v) is 5.28. The monoisotopic (exact) mass is 281 g/mol. The predicted octanol–water partition coefficient (Wildman–Crippen LogP) is 2.62. The molecule has 0 radical (unpaired) electrons. The number of halogens is 1. The topological polar surface area (TPSA) is 66.4 Å². The SMILES string of the molecule is CCc1ccc(F)c(C(=O)N[C@@](C)(C(=O)O)C(C)C)c1. The molecule has 0 saturated carbocycles. The molecule has 0 bridgehead atoms. The molecule has 0 spiro atoms. The molecule has 0 fully saturated rings. The first kappa shape index (κ1) is 16.1. The third-order valence-electron chi connectivity index (χ3n) is 3.66. The van der Waals surface area contributed by atoms with Gasteiger partial charge in [-0.2, -0.15) is 0 Å². The zero-order valence-corrected chi connectivity index (χ0v) is 12.2. The minimum atomic E-state index is -1.44. The van der Waals surface area contributed by atoms with Crippen LogP contribution < -0.4 is 5.32 Å². The van der Waals surface area contributed by atoms with Gasteiger partial charge in [0.15, 0.2) is 0 Å². The maximum Gasteiger partial charge on any atom is 0.329 e. The van der Waals surface area contributed by atoms with E-state index in [0.717, 1.165) is 5.56 Å².